The number of alkyl halides is 3. The van der Waals surface area contributed by atoms with E-state index in [4.69, 9.17) is 0 Å². The van der Waals surface area contributed by atoms with Gasteiger partial charge in [0.15, 0.2) is 0 Å². The van der Waals surface area contributed by atoms with Crippen LogP contribution in [0.4, 0.5) is 13.2 Å². The number of hydrogen-bond donors (Lipinski definition) is 1. The summed E-state index contributed by atoms with van der Waals surface area (Å²) in [6.07, 6.45) is -2.97. The molecule has 2 heterocycles. The Kier molecular flexibility index (Phi) is 6.03. The Bertz CT molecular complexity index is 1120. The zero-order valence-electron chi connectivity index (χ0n) is 16.0. The Balaban J connectivity index is 1.81. The molecule has 0 spiro atoms. The molecule has 1 aliphatic carbocycles. The lowest BCUT2D eigenvalue weighted by Gasteiger charge is -2.19. The van der Waals surface area contributed by atoms with Gasteiger partial charge >= 0.3 is 6.18 Å². The predicted octanol–water partition coefficient (Wildman–Crippen LogP) is 5.81. The topological polar surface area (TPSA) is 65.8 Å². The summed E-state index contributed by atoms with van der Waals surface area (Å²) >= 11 is 2.13. The first-order chi connectivity index (χ1) is 14.9. The van der Waals surface area contributed by atoms with Crippen molar-refractivity contribution in [1.82, 2.24) is 10.3 Å². The first kappa shape index (κ1) is 21.4. The Morgan fingerprint density at radius 2 is 1.97 bits per heavy atom. The third kappa shape index (κ3) is 4.92. The van der Waals surface area contributed by atoms with Gasteiger partial charge in [-0.2, -0.15) is 18.4 Å². The summed E-state index contributed by atoms with van der Waals surface area (Å²) in [6.45, 7) is 0. The number of rotatable bonds is 6. The zero-order chi connectivity index (χ0) is 22.0. The summed E-state index contributed by atoms with van der Waals surface area (Å²) in [5.41, 5.74) is -0.868. The van der Waals surface area contributed by atoms with Crippen molar-refractivity contribution in [2.75, 3.05) is 0 Å². The van der Waals surface area contributed by atoms with Crippen LogP contribution < -0.4 is 5.32 Å². The number of thioether (sulfide) groups is 1. The second kappa shape index (κ2) is 8.73. The molecule has 1 amide bonds. The number of nitriles is 1. The molecule has 1 saturated carbocycles. The predicted molar refractivity (Wildman–Crippen MR) is 113 cm³/mol. The molecule has 0 bridgehead atoms. The van der Waals surface area contributed by atoms with Crippen LogP contribution in [0.15, 0.2) is 58.9 Å². The van der Waals surface area contributed by atoms with Gasteiger partial charge in [0, 0.05) is 6.04 Å². The summed E-state index contributed by atoms with van der Waals surface area (Å²) < 4.78 is 41.3. The van der Waals surface area contributed by atoms with Crippen molar-refractivity contribution in [2.24, 2.45) is 0 Å². The van der Waals surface area contributed by atoms with Gasteiger partial charge in [-0.15, -0.1) is 11.3 Å². The molecule has 3 aromatic rings. The van der Waals surface area contributed by atoms with Crippen molar-refractivity contribution in [3.8, 4) is 16.6 Å². The number of nitrogens with one attached hydrogen (secondary N) is 1. The molecule has 4 nitrogen and oxygen atoms in total. The summed E-state index contributed by atoms with van der Waals surface area (Å²) in [4.78, 5) is 17.9. The third-order valence-corrected chi connectivity index (χ3v) is 6.80. The summed E-state index contributed by atoms with van der Waals surface area (Å²) in [5.74, 6) is -0.306. The van der Waals surface area contributed by atoms with Gasteiger partial charge in [-0.1, -0.05) is 48.2 Å². The van der Waals surface area contributed by atoms with Crippen molar-refractivity contribution in [1.29, 1.82) is 5.26 Å². The largest absolute Gasteiger partial charge is 0.417 e. The highest BCUT2D eigenvalue weighted by Crippen LogP contribution is 2.43. The van der Waals surface area contributed by atoms with E-state index < -0.39 is 22.6 Å². The minimum absolute atomic E-state index is 0.0888. The molecule has 1 aliphatic rings. The summed E-state index contributed by atoms with van der Waals surface area (Å²) in [7, 11) is 0. The van der Waals surface area contributed by atoms with Crippen molar-refractivity contribution in [3.05, 3.63) is 70.6 Å². The number of nitrogens with zero attached hydrogens (tertiary/aromatic N) is 2. The molecule has 1 aromatic carbocycles. The van der Waals surface area contributed by atoms with Crippen molar-refractivity contribution >= 4 is 29.0 Å². The zero-order valence-corrected chi connectivity index (χ0v) is 17.7. The van der Waals surface area contributed by atoms with Crippen LogP contribution in [-0.2, 0) is 11.0 Å². The van der Waals surface area contributed by atoms with Crippen LogP contribution in [0.25, 0.3) is 10.6 Å². The van der Waals surface area contributed by atoms with Crippen molar-refractivity contribution in [2.45, 2.75) is 35.3 Å². The monoisotopic (exact) mass is 459 g/mol. The lowest BCUT2D eigenvalue weighted by molar-refractivity contribution is -0.138. The van der Waals surface area contributed by atoms with Crippen LogP contribution in [0.5, 0.6) is 0 Å². The first-order valence-corrected chi connectivity index (χ1v) is 11.2. The van der Waals surface area contributed by atoms with E-state index in [0.29, 0.717) is 10.4 Å². The molecule has 158 valence electrons. The van der Waals surface area contributed by atoms with E-state index in [1.807, 2.05) is 0 Å². The van der Waals surface area contributed by atoms with Gasteiger partial charge in [0.2, 0.25) is 5.91 Å². The van der Waals surface area contributed by atoms with Gasteiger partial charge in [-0.3, -0.25) is 4.79 Å². The molecule has 1 fully saturated rings. The van der Waals surface area contributed by atoms with Gasteiger partial charge in [-0.25, -0.2) is 4.98 Å². The molecule has 2 aromatic heterocycles. The van der Waals surface area contributed by atoms with E-state index in [1.165, 1.54) is 11.3 Å². The Labute approximate surface area is 185 Å². The number of amides is 1. The fourth-order valence-electron chi connectivity index (χ4n) is 3.01. The van der Waals surface area contributed by atoms with Crippen LogP contribution in [0.1, 0.15) is 34.8 Å². The molecule has 0 aliphatic heterocycles. The minimum atomic E-state index is -4.73. The van der Waals surface area contributed by atoms with Crippen molar-refractivity contribution < 1.29 is 18.0 Å². The molecule has 1 atom stereocenters. The Morgan fingerprint density at radius 1 is 1.23 bits per heavy atom. The first-order valence-electron chi connectivity index (χ1n) is 9.45. The number of benzene rings is 1. The highest BCUT2D eigenvalue weighted by Gasteiger charge is 2.37. The number of pyridine rings is 1. The van der Waals surface area contributed by atoms with E-state index >= 15 is 0 Å². The van der Waals surface area contributed by atoms with Gasteiger partial charge < -0.3 is 5.32 Å². The summed E-state index contributed by atoms with van der Waals surface area (Å²) in [6, 6.07) is 14.8. The molecular weight excluding hydrogens is 443 g/mol. The highest BCUT2D eigenvalue weighted by atomic mass is 32.2. The van der Waals surface area contributed by atoms with Gasteiger partial charge in [-0.05, 0) is 35.9 Å². The van der Waals surface area contributed by atoms with Crippen LogP contribution in [0.2, 0.25) is 0 Å². The average Bonchev–Trinajstić information content (AvgIpc) is 3.39. The normalized spacial score (nSPS) is 14.6. The maximum absolute atomic E-state index is 13.8. The maximum atomic E-state index is 13.8. The number of thiophene rings is 1. The standard InChI is InChI=1S/C22H16F3N3OS2/c23-22(24,25)16-11-17(18-7-4-10-30-18)28-21(15(16)12-26)31-19(13-5-2-1-3-6-13)20(29)27-14-8-9-14/h1-7,10-11,14,19H,8-9H2,(H,27,29). The fourth-order valence-corrected chi connectivity index (χ4v) is 4.81. The van der Waals surface area contributed by atoms with Crippen molar-refractivity contribution in [3.63, 3.8) is 0 Å². The number of carbonyl (C=O) groups is 1. The van der Waals surface area contributed by atoms with Crippen LogP contribution >= 0.6 is 23.1 Å². The number of hydrogen-bond acceptors (Lipinski definition) is 5. The maximum Gasteiger partial charge on any atom is 0.417 e. The van der Waals surface area contributed by atoms with Crippen LogP contribution in [0, 0.1) is 11.3 Å². The Hall–Kier alpha value is -2.83. The molecular formula is C22H16F3N3OS2. The SMILES string of the molecule is N#Cc1c(C(F)(F)F)cc(-c2cccs2)nc1SC(C(=O)NC1CC1)c1ccccc1. The molecule has 1 N–H and O–H groups in total. The number of aromatic nitrogens is 1. The lowest BCUT2D eigenvalue weighted by atomic mass is 10.1. The van der Waals surface area contributed by atoms with E-state index in [-0.39, 0.29) is 22.7 Å². The Morgan fingerprint density at radius 3 is 2.55 bits per heavy atom. The molecule has 9 heteroatoms. The van der Waals surface area contributed by atoms with E-state index in [1.54, 1.807) is 53.9 Å². The van der Waals surface area contributed by atoms with Gasteiger partial charge in [0.1, 0.15) is 16.3 Å². The average molecular weight is 460 g/mol. The molecule has 4 rings (SSSR count). The second-order valence-electron chi connectivity index (χ2n) is 7.01. The second-order valence-corrected chi connectivity index (χ2v) is 9.06. The molecule has 0 saturated heterocycles. The van der Waals surface area contributed by atoms with Crippen LogP contribution in [0.3, 0.4) is 0 Å². The third-order valence-electron chi connectivity index (χ3n) is 4.67. The van der Waals surface area contributed by atoms with E-state index in [2.05, 4.69) is 10.3 Å². The van der Waals surface area contributed by atoms with Gasteiger partial charge in [0.05, 0.1) is 21.7 Å². The highest BCUT2D eigenvalue weighted by molar-refractivity contribution is 8.00. The summed E-state index contributed by atoms with van der Waals surface area (Å²) in [5, 5.41) is 13.3. The number of carbonyl (C=O) groups excluding carboxylic acids is 1. The quantitative estimate of drug-likeness (QED) is 0.472. The van der Waals surface area contributed by atoms with E-state index in [0.717, 1.165) is 30.7 Å². The number of halogens is 3. The lowest BCUT2D eigenvalue weighted by Crippen LogP contribution is -2.29. The minimum Gasteiger partial charge on any atom is -0.352 e. The van der Waals surface area contributed by atoms with Gasteiger partial charge in [0.25, 0.3) is 0 Å². The smallest absolute Gasteiger partial charge is 0.352 e. The molecule has 0 radical (unpaired) electrons. The molecule has 1 unspecified atom stereocenters. The van der Waals surface area contributed by atoms with E-state index in [9.17, 15) is 23.2 Å². The molecule has 31 heavy (non-hydrogen) atoms. The fraction of sp³-hybridized carbons (Fsp3) is 0.227. The van der Waals surface area contributed by atoms with Crippen LogP contribution in [-0.4, -0.2) is 16.9 Å².